The van der Waals surface area contributed by atoms with Crippen LogP contribution in [0, 0.1) is 6.92 Å². The van der Waals surface area contributed by atoms with Gasteiger partial charge in [-0.15, -0.1) is 0 Å². The third kappa shape index (κ3) is 4.87. The van der Waals surface area contributed by atoms with Crippen molar-refractivity contribution in [2.24, 2.45) is 0 Å². The van der Waals surface area contributed by atoms with Crippen molar-refractivity contribution in [1.29, 1.82) is 0 Å². The van der Waals surface area contributed by atoms with Gasteiger partial charge in [-0.25, -0.2) is 0 Å². The molecular weight excluding hydrogens is 326 g/mol. The summed E-state index contributed by atoms with van der Waals surface area (Å²) in [5.41, 5.74) is 3.74. The predicted octanol–water partition coefficient (Wildman–Crippen LogP) is 4.49. The van der Waals surface area contributed by atoms with E-state index in [4.69, 9.17) is 4.74 Å². The minimum Gasteiger partial charge on any atom is -0.493 e. The Kier molecular flexibility index (Phi) is 6.27. The number of hydrogen-bond acceptors (Lipinski definition) is 2. The predicted molar refractivity (Wildman–Crippen MR) is 91.9 cm³/mol. The van der Waals surface area contributed by atoms with E-state index in [1.54, 1.807) is 0 Å². The molecule has 21 heavy (non-hydrogen) atoms. The van der Waals surface area contributed by atoms with Crippen LogP contribution in [0.1, 0.15) is 23.1 Å². The lowest BCUT2D eigenvalue weighted by atomic mass is 10.1. The van der Waals surface area contributed by atoms with Crippen molar-refractivity contribution < 1.29 is 4.74 Å². The molecule has 3 heteroatoms. The molecule has 0 radical (unpaired) electrons. The molecule has 0 fully saturated rings. The molecule has 1 N–H and O–H groups in total. The van der Waals surface area contributed by atoms with Gasteiger partial charge in [-0.1, -0.05) is 46.3 Å². The van der Waals surface area contributed by atoms with Crippen molar-refractivity contribution in [1.82, 2.24) is 5.32 Å². The third-order valence-electron chi connectivity index (χ3n) is 3.38. The van der Waals surface area contributed by atoms with Gasteiger partial charge in [0, 0.05) is 16.6 Å². The number of aryl methyl sites for hydroxylation is 2. The third-order valence-corrected chi connectivity index (χ3v) is 3.84. The van der Waals surface area contributed by atoms with Crippen molar-refractivity contribution in [2.45, 2.75) is 26.3 Å². The molecule has 0 aliphatic heterocycles. The van der Waals surface area contributed by atoms with E-state index in [9.17, 15) is 0 Å². The number of halogens is 1. The van der Waals surface area contributed by atoms with Crippen LogP contribution in [0.2, 0.25) is 0 Å². The summed E-state index contributed by atoms with van der Waals surface area (Å²) in [5, 5.41) is 3.19. The van der Waals surface area contributed by atoms with Gasteiger partial charge in [0.05, 0.1) is 6.61 Å². The van der Waals surface area contributed by atoms with Gasteiger partial charge in [0.1, 0.15) is 5.75 Å². The van der Waals surface area contributed by atoms with E-state index < -0.39 is 0 Å². The van der Waals surface area contributed by atoms with E-state index in [0.29, 0.717) is 0 Å². The van der Waals surface area contributed by atoms with Crippen LogP contribution >= 0.6 is 15.9 Å². The second kappa shape index (κ2) is 8.20. The van der Waals surface area contributed by atoms with Gasteiger partial charge in [-0.05, 0) is 50.1 Å². The van der Waals surface area contributed by atoms with Crippen LogP contribution in [0.25, 0.3) is 0 Å². The largest absolute Gasteiger partial charge is 0.493 e. The maximum atomic E-state index is 6.04. The molecule has 0 unspecified atom stereocenters. The summed E-state index contributed by atoms with van der Waals surface area (Å²) >= 11 is 3.55. The summed E-state index contributed by atoms with van der Waals surface area (Å²) in [6, 6.07) is 14.8. The van der Waals surface area contributed by atoms with E-state index in [2.05, 4.69) is 70.6 Å². The van der Waals surface area contributed by atoms with Gasteiger partial charge in [0.15, 0.2) is 0 Å². The summed E-state index contributed by atoms with van der Waals surface area (Å²) < 4.78 is 7.14. The molecule has 0 saturated carbocycles. The Morgan fingerprint density at radius 1 is 1.14 bits per heavy atom. The van der Waals surface area contributed by atoms with Gasteiger partial charge >= 0.3 is 0 Å². The first-order chi connectivity index (χ1) is 10.2. The molecule has 0 heterocycles. The summed E-state index contributed by atoms with van der Waals surface area (Å²) in [7, 11) is 1.95. The fraction of sp³-hybridized carbons (Fsp3) is 0.333. The first-order valence-corrected chi connectivity index (χ1v) is 8.10. The normalized spacial score (nSPS) is 10.6. The molecule has 0 saturated heterocycles. The zero-order chi connectivity index (χ0) is 15.1. The van der Waals surface area contributed by atoms with E-state index >= 15 is 0 Å². The molecule has 0 aliphatic carbocycles. The summed E-state index contributed by atoms with van der Waals surface area (Å²) in [6.07, 6.45) is 2.08. The molecule has 0 amide bonds. The molecule has 2 nitrogen and oxygen atoms in total. The highest BCUT2D eigenvalue weighted by Gasteiger charge is 2.08. The molecule has 2 aromatic rings. The molecule has 0 spiro atoms. The highest BCUT2D eigenvalue weighted by Crippen LogP contribution is 2.28. The fourth-order valence-electron chi connectivity index (χ4n) is 2.42. The van der Waals surface area contributed by atoms with E-state index in [1.165, 1.54) is 16.7 Å². The Morgan fingerprint density at radius 3 is 2.62 bits per heavy atom. The second-order valence-corrected chi connectivity index (χ2v) is 6.09. The van der Waals surface area contributed by atoms with Crippen LogP contribution in [0.15, 0.2) is 46.9 Å². The molecule has 0 bridgehead atoms. The lowest BCUT2D eigenvalue weighted by Gasteiger charge is -2.15. The highest BCUT2D eigenvalue weighted by molar-refractivity contribution is 9.10. The molecule has 0 atom stereocenters. The molecule has 0 aliphatic rings. The zero-order valence-electron chi connectivity index (χ0n) is 12.7. The van der Waals surface area contributed by atoms with Crippen LogP contribution in [0.5, 0.6) is 5.75 Å². The van der Waals surface area contributed by atoms with Crippen LogP contribution in [-0.2, 0) is 13.0 Å². The zero-order valence-corrected chi connectivity index (χ0v) is 14.2. The van der Waals surface area contributed by atoms with Crippen LogP contribution in [0.4, 0.5) is 0 Å². The lowest BCUT2D eigenvalue weighted by molar-refractivity contribution is 0.305. The van der Waals surface area contributed by atoms with Crippen molar-refractivity contribution >= 4 is 15.9 Å². The first-order valence-electron chi connectivity index (χ1n) is 7.31. The Labute approximate surface area is 135 Å². The second-order valence-electron chi connectivity index (χ2n) is 5.18. The minimum absolute atomic E-state index is 0.744. The molecule has 2 aromatic carbocycles. The number of nitrogens with one attached hydrogen (secondary N) is 1. The summed E-state index contributed by atoms with van der Waals surface area (Å²) in [5.74, 6) is 1.01. The minimum atomic E-state index is 0.744. The summed E-state index contributed by atoms with van der Waals surface area (Å²) in [6.45, 7) is 3.65. The van der Waals surface area contributed by atoms with Crippen LogP contribution < -0.4 is 10.1 Å². The monoisotopic (exact) mass is 347 g/mol. The van der Waals surface area contributed by atoms with E-state index in [-0.39, 0.29) is 0 Å². The number of ether oxygens (including phenoxy) is 1. The van der Waals surface area contributed by atoms with Crippen molar-refractivity contribution in [3.05, 3.63) is 63.6 Å². The van der Waals surface area contributed by atoms with E-state index in [0.717, 1.165) is 36.2 Å². The fourth-order valence-corrected chi connectivity index (χ4v) is 3.04. The number of hydrogen-bond donors (Lipinski definition) is 1. The first kappa shape index (κ1) is 16.1. The lowest BCUT2D eigenvalue weighted by Crippen LogP contribution is -2.09. The number of benzene rings is 2. The molecule has 112 valence electrons. The van der Waals surface area contributed by atoms with Gasteiger partial charge in [-0.3, -0.25) is 0 Å². The molecule has 0 aromatic heterocycles. The Bertz CT molecular complexity index is 569. The van der Waals surface area contributed by atoms with Gasteiger partial charge < -0.3 is 10.1 Å². The van der Waals surface area contributed by atoms with Gasteiger partial charge in [0.2, 0.25) is 0 Å². The topological polar surface area (TPSA) is 21.3 Å². The summed E-state index contributed by atoms with van der Waals surface area (Å²) in [4.78, 5) is 0. The van der Waals surface area contributed by atoms with Crippen molar-refractivity contribution in [3.63, 3.8) is 0 Å². The average Bonchev–Trinajstić information content (AvgIpc) is 2.47. The molecule has 2 rings (SSSR count). The van der Waals surface area contributed by atoms with Crippen LogP contribution in [-0.4, -0.2) is 13.7 Å². The number of rotatable bonds is 7. The Hall–Kier alpha value is -1.32. The van der Waals surface area contributed by atoms with Gasteiger partial charge in [-0.2, -0.15) is 0 Å². The SMILES string of the molecule is CNCc1cc(Br)cc(C)c1OCCCc1ccccc1. The Morgan fingerprint density at radius 2 is 1.90 bits per heavy atom. The quantitative estimate of drug-likeness (QED) is 0.745. The standard InChI is InChI=1S/C18H22BrNO/c1-14-11-17(19)12-16(13-20-2)18(14)21-10-6-9-15-7-4-3-5-8-15/h3-5,7-8,11-12,20H,6,9-10,13H2,1-2H3. The van der Waals surface area contributed by atoms with Crippen LogP contribution in [0.3, 0.4) is 0 Å². The maximum absolute atomic E-state index is 6.04. The molecular formula is C18H22BrNO. The van der Waals surface area contributed by atoms with Crippen molar-refractivity contribution in [2.75, 3.05) is 13.7 Å². The van der Waals surface area contributed by atoms with Gasteiger partial charge in [0.25, 0.3) is 0 Å². The average molecular weight is 348 g/mol. The van der Waals surface area contributed by atoms with E-state index in [1.807, 2.05) is 7.05 Å². The highest BCUT2D eigenvalue weighted by atomic mass is 79.9. The van der Waals surface area contributed by atoms with Crippen molar-refractivity contribution in [3.8, 4) is 5.75 Å². The smallest absolute Gasteiger partial charge is 0.126 e. The Balaban J connectivity index is 1.93. The maximum Gasteiger partial charge on any atom is 0.126 e.